The molecule has 1 saturated heterocycles. The molecule has 2 unspecified atom stereocenters. The third-order valence-corrected chi connectivity index (χ3v) is 7.13. The molecule has 140 valence electrons. The van der Waals surface area contributed by atoms with Crippen LogP contribution in [0.15, 0.2) is 12.2 Å². The molecule has 3 aliphatic rings. The average molecular weight is 343 g/mol. The zero-order valence-corrected chi connectivity index (χ0v) is 16.5. The maximum absolute atomic E-state index is 6.17. The molecule has 0 spiro atoms. The SMILES string of the molecule is CC#CC1CCC(C2CCC(C=CC3CCC(CC)CC3)CC2)OC1. The van der Waals surface area contributed by atoms with Crippen LogP contribution in [0.4, 0.5) is 0 Å². The van der Waals surface area contributed by atoms with Crippen LogP contribution >= 0.6 is 0 Å². The lowest BCUT2D eigenvalue weighted by Crippen LogP contribution is -2.33. The Hall–Kier alpha value is -0.740. The number of hydrogen-bond acceptors (Lipinski definition) is 1. The van der Waals surface area contributed by atoms with Gasteiger partial charge in [-0.3, -0.25) is 0 Å². The van der Waals surface area contributed by atoms with Crippen molar-refractivity contribution in [2.45, 2.75) is 90.6 Å². The Kier molecular flexibility index (Phi) is 7.48. The van der Waals surface area contributed by atoms with E-state index in [1.54, 1.807) is 0 Å². The van der Waals surface area contributed by atoms with Crippen LogP contribution in [0.2, 0.25) is 0 Å². The second-order valence-electron chi connectivity index (χ2n) is 8.79. The normalized spacial score (nSPS) is 39.8. The van der Waals surface area contributed by atoms with Gasteiger partial charge in [0.1, 0.15) is 0 Å². The number of hydrogen-bond donors (Lipinski definition) is 0. The van der Waals surface area contributed by atoms with Gasteiger partial charge in [0.25, 0.3) is 0 Å². The first-order chi connectivity index (χ1) is 12.3. The van der Waals surface area contributed by atoms with Gasteiger partial charge in [-0.2, -0.15) is 0 Å². The molecule has 0 aromatic heterocycles. The van der Waals surface area contributed by atoms with Crippen LogP contribution in [-0.2, 0) is 4.74 Å². The molecule has 0 bridgehead atoms. The molecular formula is C24H38O. The summed E-state index contributed by atoms with van der Waals surface area (Å²) in [6.07, 6.45) is 20.8. The standard InChI is InChI=1S/C24H38O/c1-3-5-22-14-17-24(25-18-22)23-15-12-21(13-16-23)11-10-20-8-6-19(4-2)7-9-20/h10-11,19-24H,4,6-9,12-18H2,1-2H3. The zero-order chi connectivity index (χ0) is 17.5. The first kappa shape index (κ1) is 19.0. The maximum atomic E-state index is 6.17. The molecule has 25 heavy (non-hydrogen) atoms. The predicted octanol–water partition coefficient (Wildman–Crippen LogP) is 6.38. The van der Waals surface area contributed by atoms with Gasteiger partial charge in [0.05, 0.1) is 12.7 Å². The van der Waals surface area contributed by atoms with Crippen molar-refractivity contribution in [1.82, 2.24) is 0 Å². The van der Waals surface area contributed by atoms with E-state index in [-0.39, 0.29) is 0 Å². The quantitative estimate of drug-likeness (QED) is 0.425. The Balaban J connectivity index is 1.36. The van der Waals surface area contributed by atoms with Gasteiger partial charge < -0.3 is 4.74 Å². The lowest BCUT2D eigenvalue weighted by atomic mass is 9.76. The number of allylic oxidation sites excluding steroid dienone is 2. The molecule has 2 aliphatic carbocycles. The molecule has 1 heteroatoms. The number of rotatable bonds is 4. The third-order valence-electron chi connectivity index (χ3n) is 7.13. The van der Waals surface area contributed by atoms with Crippen LogP contribution in [0.5, 0.6) is 0 Å². The molecular weight excluding hydrogens is 304 g/mol. The highest BCUT2D eigenvalue weighted by Crippen LogP contribution is 2.37. The summed E-state index contributed by atoms with van der Waals surface area (Å²) >= 11 is 0. The van der Waals surface area contributed by atoms with Crippen molar-refractivity contribution in [3.05, 3.63) is 12.2 Å². The highest BCUT2D eigenvalue weighted by Gasteiger charge is 2.30. The fourth-order valence-corrected chi connectivity index (χ4v) is 5.27. The Morgan fingerprint density at radius 2 is 1.48 bits per heavy atom. The summed E-state index contributed by atoms with van der Waals surface area (Å²) in [5, 5.41) is 0. The smallest absolute Gasteiger partial charge is 0.0607 e. The summed E-state index contributed by atoms with van der Waals surface area (Å²) in [6, 6.07) is 0. The van der Waals surface area contributed by atoms with Crippen molar-refractivity contribution in [3.8, 4) is 11.8 Å². The van der Waals surface area contributed by atoms with Crippen LogP contribution in [0, 0.1) is 41.4 Å². The molecule has 0 radical (unpaired) electrons. The first-order valence-electron chi connectivity index (χ1n) is 11.0. The predicted molar refractivity (Wildman–Crippen MR) is 106 cm³/mol. The summed E-state index contributed by atoms with van der Waals surface area (Å²) in [5.41, 5.74) is 0. The van der Waals surface area contributed by atoms with E-state index in [9.17, 15) is 0 Å². The van der Waals surface area contributed by atoms with Gasteiger partial charge in [0.2, 0.25) is 0 Å². The Morgan fingerprint density at radius 3 is 2.00 bits per heavy atom. The third kappa shape index (κ3) is 5.62. The van der Waals surface area contributed by atoms with E-state index in [2.05, 4.69) is 30.9 Å². The minimum absolute atomic E-state index is 0.489. The number of ether oxygens (including phenoxy) is 1. The second kappa shape index (κ2) is 9.82. The van der Waals surface area contributed by atoms with Crippen molar-refractivity contribution in [3.63, 3.8) is 0 Å². The molecule has 3 fully saturated rings. The second-order valence-corrected chi connectivity index (χ2v) is 8.79. The van der Waals surface area contributed by atoms with Crippen LogP contribution in [0.25, 0.3) is 0 Å². The van der Waals surface area contributed by atoms with E-state index in [1.165, 1.54) is 70.6 Å². The summed E-state index contributed by atoms with van der Waals surface area (Å²) in [5.74, 6) is 10.3. The minimum Gasteiger partial charge on any atom is -0.377 e. The zero-order valence-electron chi connectivity index (χ0n) is 16.5. The van der Waals surface area contributed by atoms with Crippen molar-refractivity contribution in [2.75, 3.05) is 6.61 Å². The minimum atomic E-state index is 0.489. The maximum Gasteiger partial charge on any atom is 0.0607 e. The van der Waals surface area contributed by atoms with Gasteiger partial charge in [-0.25, -0.2) is 0 Å². The molecule has 3 rings (SSSR count). The van der Waals surface area contributed by atoms with E-state index in [4.69, 9.17) is 4.74 Å². The van der Waals surface area contributed by atoms with E-state index in [1.807, 2.05) is 6.92 Å². The van der Waals surface area contributed by atoms with Crippen molar-refractivity contribution < 1.29 is 4.74 Å². The average Bonchev–Trinajstić information content (AvgIpc) is 2.68. The van der Waals surface area contributed by atoms with Gasteiger partial charge in [-0.1, -0.05) is 31.4 Å². The molecule has 1 heterocycles. The highest BCUT2D eigenvalue weighted by molar-refractivity contribution is 5.03. The van der Waals surface area contributed by atoms with Gasteiger partial charge in [-0.05, 0) is 94.8 Å². The fourth-order valence-electron chi connectivity index (χ4n) is 5.27. The lowest BCUT2D eigenvalue weighted by Gasteiger charge is -2.36. The topological polar surface area (TPSA) is 9.23 Å². The molecule has 1 aliphatic heterocycles. The van der Waals surface area contributed by atoms with Crippen molar-refractivity contribution >= 4 is 0 Å². The largest absolute Gasteiger partial charge is 0.377 e. The van der Waals surface area contributed by atoms with Crippen molar-refractivity contribution in [2.24, 2.45) is 29.6 Å². The molecule has 2 atom stereocenters. The van der Waals surface area contributed by atoms with Gasteiger partial charge in [-0.15, -0.1) is 5.92 Å². The van der Waals surface area contributed by atoms with Crippen LogP contribution < -0.4 is 0 Å². The van der Waals surface area contributed by atoms with Gasteiger partial charge in [0, 0.05) is 5.92 Å². The summed E-state index contributed by atoms with van der Waals surface area (Å²) in [6.45, 7) is 5.16. The summed E-state index contributed by atoms with van der Waals surface area (Å²) < 4.78 is 6.17. The molecule has 2 saturated carbocycles. The monoisotopic (exact) mass is 342 g/mol. The van der Waals surface area contributed by atoms with E-state index >= 15 is 0 Å². The van der Waals surface area contributed by atoms with Crippen LogP contribution in [0.1, 0.15) is 84.5 Å². The van der Waals surface area contributed by atoms with Crippen molar-refractivity contribution in [1.29, 1.82) is 0 Å². The summed E-state index contributed by atoms with van der Waals surface area (Å²) in [7, 11) is 0. The molecule has 0 aromatic rings. The molecule has 1 nitrogen and oxygen atoms in total. The van der Waals surface area contributed by atoms with Crippen LogP contribution in [-0.4, -0.2) is 12.7 Å². The van der Waals surface area contributed by atoms with E-state index < -0.39 is 0 Å². The van der Waals surface area contributed by atoms with E-state index in [0.29, 0.717) is 12.0 Å². The Labute approximate surface area is 156 Å². The fraction of sp³-hybridized carbons (Fsp3) is 0.833. The lowest BCUT2D eigenvalue weighted by molar-refractivity contribution is -0.0461. The van der Waals surface area contributed by atoms with Gasteiger partial charge in [0.15, 0.2) is 0 Å². The summed E-state index contributed by atoms with van der Waals surface area (Å²) in [4.78, 5) is 0. The van der Waals surface area contributed by atoms with E-state index in [0.717, 1.165) is 30.3 Å². The molecule has 0 amide bonds. The van der Waals surface area contributed by atoms with Crippen LogP contribution in [0.3, 0.4) is 0 Å². The Bertz CT molecular complexity index is 458. The Morgan fingerprint density at radius 1 is 0.840 bits per heavy atom. The molecule has 0 N–H and O–H groups in total. The molecule has 0 aromatic carbocycles. The highest BCUT2D eigenvalue weighted by atomic mass is 16.5. The van der Waals surface area contributed by atoms with Gasteiger partial charge >= 0.3 is 0 Å². The first-order valence-corrected chi connectivity index (χ1v) is 11.0.